The van der Waals surface area contributed by atoms with Crippen LogP contribution >= 0.6 is 11.3 Å². The van der Waals surface area contributed by atoms with Gasteiger partial charge in [-0.15, -0.1) is 0 Å². The predicted octanol–water partition coefficient (Wildman–Crippen LogP) is 4.20. The van der Waals surface area contributed by atoms with Gasteiger partial charge in [0, 0.05) is 11.6 Å². The fourth-order valence-electron chi connectivity index (χ4n) is 4.59. The number of thiazole rings is 1. The van der Waals surface area contributed by atoms with Crippen molar-refractivity contribution in [1.29, 1.82) is 0 Å². The zero-order valence-electron chi connectivity index (χ0n) is 21.2. The van der Waals surface area contributed by atoms with Crippen LogP contribution in [0.25, 0.3) is 17.4 Å². The summed E-state index contributed by atoms with van der Waals surface area (Å²) in [7, 11) is 0. The number of aromatic carboxylic acids is 1. The molecule has 39 heavy (non-hydrogen) atoms. The van der Waals surface area contributed by atoms with Crippen LogP contribution in [-0.2, 0) is 9.53 Å². The number of fused-ring (bicyclic) bond motifs is 1. The minimum absolute atomic E-state index is 0.145. The highest BCUT2D eigenvalue weighted by atomic mass is 32.1. The summed E-state index contributed by atoms with van der Waals surface area (Å²) in [5, 5.41) is 9.43. The van der Waals surface area contributed by atoms with Crippen molar-refractivity contribution >= 4 is 29.4 Å². The Hall–Kier alpha value is -4.57. The lowest BCUT2D eigenvalue weighted by molar-refractivity contribution is -0.139. The van der Waals surface area contributed by atoms with Gasteiger partial charge in [0.25, 0.3) is 5.56 Å². The number of furan rings is 1. The van der Waals surface area contributed by atoms with Crippen molar-refractivity contribution in [3.63, 3.8) is 0 Å². The van der Waals surface area contributed by atoms with Crippen molar-refractivity contribution < 1.29 is 28.2 Å². The van der Waals surface area contributed by atoms with E-state index in [1.807, 2.05) is 0 Å². The normalized spacial score (nSPS) is 15.2. The summed E-state index contributed by atoms with van der Waals surface area (Å²) in [6.45, 7) is 5.21. The number of rotatable bonds is 6. The summed E-state index contributed by atoms with van der Waals surface area (Å²) in [6.07, 6.45) is 1.58. The molecule has 10 heteroatoms. The molecular formula is C29H23FN2O6S. The molecule has 1 aliphatic rings. The molecule has 0 saturated carbocycles. The monoisotopic (exact) mass is 546 g/mol. The van der Waals surface area contributed by atoms with Crippen LogP contribution in [0.5, 0.6) is 0 Å². The maximum absolute atomic E-state index is 13.7. The number of hydrogen-bond acceptors (Lipinski definition) is 7. The first kappa shape index (κ1) is 26.1. The zero-order chi connectivity index (χ0) is 27.8. The standard InChI is InChI=1S/C29H23FN2O6S/c1-4-37-28(36)24-16(3)31-29-32(25(24)17-8-10-18(30)11-9-17)26(33)23(39-29)14-19-12-13-22(38-19)20-6-5-7-21(15(20)2)27(34)35/h5-14,25H,4H2,1-3H3,(H,34,35). The topological polar surface area (TPSA) is 111 Å². The molecule has 3 heterocycles. The van der Waals surface area contributed by atoms with Gasteiger partial charge >= 0.3 is 11.9 Å². The average molecular weight is 547 g/mol. The fraction of sp³-hybridized carbons (Fsp3) is 0.172. The number of carboxylic acid groups (broad SMARTS) is 1. The Labute approximate surface area is 225 Å². The molecule has 0 saturated heterocycles. The van der Waals surface area contributed by atoms with Gasteiger partial charge in [-0.25, -0.2) is 19.0 Å². The second-order valence-corrected chi connectivity index (χ2v) is 9.85. The maximum Gasteiger partial charge on any atom is 0.338 e. The van der Waals surface area contributed by atoms with Crippen molar-refractivity contribution in [2.24, 2.45) is 4.99 Å². The van der Waals surface area contributed by atoms with Gasteiger partial charge < -0.3 is 14.3 Å². The van der Waals surface area contributed by atoms with Gasteiger partial charge in [0.05, 0.1) is 34.0 Å². The van der Waals surface area contributed by atoms with Crippen LogP contribution in [0, 0.1) is 12.7 Å². The van der Waals surface area contributed by atoms with E-state index in [9.17, 15) is 23.9 Å². The smallest absolute Gasteiger partial charge is 0.338 e. The van der Waals surface area contributed by atoms with Gasteiger partial charge in [-0.3, -0.25) is 9.36 Å². The molecule has 0 amide bonds. The number of nitrogens with zero attached hydrogens (tertiary/aromatic N) is 2. The van der Waals surface area contributed by atoms with Crippen molar-refractivity contribution in [1.82, 2.24) is 4.57 Å². The molecule has 1 N–H and O–H groups in total. The highest BCUT2D eigenvalue weighted by molar-refractivity contribution is 7.07. The van der Waals surface area contributed by atoms with Gasteiger partial charge in [0.15, 0.2) is 4.80 Å². The van der Waals surface area contributed by atoms with E-state index >= 15 is 0 Å². The third-order valence-electron chi connectivity index (χ3n) is 6.43. The minimum Gasteiger partial charge on any atom is -0.478 e. The van der Waals surface area contributed by atoms with E-state index < -0.39 is 29.4 Å². The predicted molar refractivity (Wildman–Crippen MR) is 143 cm³/mol. The highest BCUT2D eigenvalue weighted by Crippen LogP contribution is 2.31. The number of benzene rings is 2. The van der Waals surface area contributed by atoms with Gasteiger partial charge in [0.1, 0.15) is 17.3 Å². The summed E-state index contributed by atoms with van der Waals surface area (Å²) >= 11 is 1.13. The Bertz CT molecular complexity index is 1830. The number of aromatic nitrogens is 1. The van der Waals surface area contributed by atoms with Gasteiger partial charge in [-0.2, -0.15) is 0 Å². The number of carbonyl (C=O) groups is 2. The van der Waals surface area contributed by atoms with Crippen LogP contribution < -0.4 is 14.9 Å². The molecule has 0 bridgehead atoms. The summed E-state index contributed by atoms with van der Waals surface area (Å²) in [5.41, 5.74) is 2.11. The van der Waals surface area contributed by atoms with Crippen molar-refractivity contribution in [3.05, 3.63) is 114 Å². The van der Waals surface area contributed by atoms with Gasteiger partial charge in [0.2, 0.25) is 0 Å². The van der Waals surface area contributed by atoms with Gasteiger partial charge in [-0.1, -0.05) is 35.6 Å². The van der Waals surface area contributed by atoms with E-state index in [-0.39, 0.29) is 17.7 Å². The molecule has 1 atom stereocenters. The summed E-state index contributed by atoms with van der Waals surface area (Å²) in [4.78, 5) is 43.0. The van der Waals surface area contributed by atoms with E-state index in [1.165, 1.54) is 34.9 Å². The number of carboxylic acids is 1. The molecule has 198 valence electrons. The van der Waals surface area contributed by atoms with Crippen molar-refractivity contribution in [2.75, 3.05) is 6.61 Å². The lowest BCUT2D eigenvalue weighted by atomic mass is 9.96. The molecule has 1 aliphatic heterocycles. The number of ether oxygens (including phenoxy) is 1. The summed E-state index contributed by atoms with van der Waals surface area (Å²) < 4.78 is 26.7. The van der Waals surface area contributed by atoms with Crippen LogP contribution in [0.3, 0.4) is 0 Å². The number of hydrogen-bond donors (Lipinski definition) is 1. The highest BCUT2D eigenvalue weighted by Gasteiger charge is 2.33. The first-order valence-electron chi connectivity index (χ1n) is 12.1. The number of halogens is 1. The van der Waals surface area contributed by atoms with E-state index in [0.717, 1.165) is 11.3 Å². The molecule has 0 fully saturated rings. The summed E-state index contributed by atoms with van der Waals surface area (Å²) in [6, 6.07) is 13.1. The van der Waals surface area contributed by atoms with Crippen LogP contribution in [0.1, 0.15) is 47.1 Å². The molecule has 4 aromatic rings. The molecule has 8 nitrogen and oxygen atoms in total. The first-order valence-corrected chi connectivity index (χ1v) is 12.9. The molecule has 2 aromatic heterocycles. The second kappa shape index (κ2) is 10.3. The fourth-order valence-corrected chi connectivity index (χ4v) is 5.62. The molecule has 0 spiro atoms. The van der Waals surface area contributed by atoms with Gasteiger partial charge in [-0.05, 0) is 62.2 Å². The molecule has 5 rings (SSSR count). The Morgan fingerprint density at radius 1 is 1.15 bits per heavy atom. The maximum atomic E-state index is 13.7. The van der Waals surface area contributed by atoms with E-state index in [0.29, 0.717) is 43.2 Å². The van der Waals surface area contributed by atoms with E-state index in [4.69, 9.17) is 9.15 Å². The second-order valence-electron chi connectivity index (χ2n) is 8.84. The molecule has 2 aromatic carbocycles. The number of allylic oxidation sites excluding steroid dienone is 1. The van der Waals surface area contributed by atoms with E-state index in [1.54, 1.807) is 51.1 Å². The summed E-state index contributed by atoms with van der Waals surface area (Å²) in [5.74, 6) is -1.23. The number of carbonyl (C=O) groups excluding carboxylic acids is 1. The Balaban J connectivity index is 1.63. The van der Waals surface area contributed by atoms with Crippen molar-refractivity contribution in [2.45, 2.75) is 26.8 Å². The molecule has 0 aliphatic carbocycles. The molecular weight excluding hydrogens is 523 g/mol. The molecule has 0 radical (unpaired) electrons. The Kier molecular flexibility index (Phi) is 6.88. The first-order chi connectivity index (χ1) is 18.7. The SMILES string of the molecule is CCOC(=O)C1=C(C)N=c2sc(=Cc3ccc(-c4cccc(C(=O)O)c4C)o3)c(=O)n2C1c1ccc(F)cc1. The lowest BCUT2D eigenvalue weighted by Crippen LogP contribution is -2.39. The number of esters is 1. The lowest BCUT2D eigenvalue weighted by Gasteiger charge is -2.24. The Morgan fingerprint density at radius 2 is 1.90 bits per heavy atom. The minimum atomic E-state index is -1.03. The van der Waals surface area contributed by atoms with Crippen LogP contribution in [0.15, 0.2) is 80.1 Å². The van der Waals surface area contributed by atoms with Crippen LogP contribution in [0.4, 0.5) is 4.39 Å². The quantitative estimate of drug-likeness (QED) is 0.363. The molecule has 1 unspecified atom stereocenters. The Morgan fingerprint density at radius 3 is 2.59 bits per heavy atom. The third-order valence-corrected chi connectivity index (χ3v) is 7.42. The van der Waals surface area contributed by atoms with Crippen LogP contribution in [-0.4, -0.2) is 28.2 Å². The van der Waals surface area contributed by atoms with Crippen LogP contribution in [0.2, 0.25) is 0 Å². The average Bonchev–Trinajstić information content (AvgIpc) is 3.48. The zero-order valence-corrected chi connectivity index (χ0v) is 22.0. The van der Waals surface area contributed by atoms with E-state index in [2.05, 4.69) is 4.99 Å². The third kappa shape index (κ3) is 4.74. The van der Waals surface area contributed by atoms with Crippen molar-refractivity contribution in [3.8, 4) is 11.3 Å². The largest absolute Gasteiger partial charge is 0.478 e.